The van der Waals surface area contributed by atoms with Gasteiger partial charge in [-0.25, -0.2) is 9.59 Å². The van der Waals surface area contributed by atoms with Crippen molar-refractivity contribution >= 4 is 40.8 Å². The largest absolute Gasteiger partial charge is 0.478 e. The Morgan fingerprint density at radius 2 is 1.39 bits per heavy atom. The summed E-state index contributed by atoms with van der Waals surface area (Å²) in [6.07, 6.45) is 0. The molecule has 2 rings (SSSR count). The number of carbonyl (C=O) groups is 4. The topological polar surface area (TPSA) is 176 Å². The third-order valence-corrected chi connectivity index (χ3v) is 3.93. The summed E-state index contributed by atoms with van der Waals surface area (Å²) in [5.41, 5.74) is 0.924. The van der Waals surface area contributed by atoms with Crippen molar-refractivity contribution < 1.29 is 34.3 Å². The molecule has 0 fully saturated rings. The van der Waals surface area contributed by atoms with Crippen LogP contribution in [0.5, 0.6) is 0 Å². The first kappa shape index (κ1) is 24.8. The molecule has 164 valence electrons. The van der Waals surface area contributed by atoms with Gasteiger partial charge in [-0.05, 0) is 49.7 Å². The fourth-order valence-corrected chi connectivity index (χ4v) is 2.64. The second-order valence-corrected chi connectivity index (χ2v) is 6.39. The van der Waals surface area contributed by atoms with Gasteiger partial charge in [-0.3, -0.25) is 19.7 Å². The molecule has 2 aromatic carbocycles. The van der Waals surface area contributed by atoms with Crippen LogP contribution in [0, 0.1) is 24.0 Å². The molecule has 11 heteroatoms. The SMILES string of the molecule is CC(=O)Nc1ccc(C(=O)O)c(C)c1.CC(=O)Nc1ccc(C(=O)O)c(C)c1[N+](=O)[O-]. The number of nitrogens with zero attached hydrogens (tertiary/aromatic N) is 1. The van der Waals surface area contributed by atoms with E-state index in [1.165, 1.54) is 39.0 Å². The lowest BCUT2D eigenvalue weighted by molar-refractivity contribution is -0.384. The second-order valence-electron chi connectivity index (χ2n) is 6.39. The van der Waals surface area contributed by atoms with Crippen LogP contribution >= 0.6 is 0 Å². The van der Waals surface area contributed by atoms with Gasteiger partial charge in [-0.1, -0.05) is 0 Å². The summed E-state index contributed by atoms with van der Waals surface area (Å²) >= 11 is 0. The van der Waals surface area contributed by atoms with E-state index >= 15 is 0 Å². The average Bonchev–Trinajstić information content (AvgIpc) is 2.60. The van der Waals surface area contributed by atoms with E-state index in [0.717, 1.165) is 0 Å². The first-order valence-corrected chi connectivity index (χ1v) is 8.75. The Bertz CT molecular complexity index is 1060. The van der Waals surface area contributed by atoms with E-state index in [2.05, 4.69) is 10.6 Å². The molecule has 2 amide bonds. The second kappa shape index (κ2) is 10.5. The quantitative estimate of drug-likeness (QED) is 0.412. The van der Waals surface area contributed by atoms with E-state index in [4.69, 9.17) is 10.2 Å². The van der Waals surface area contributed by atoms with Gasteiger partial charge in [0.15, 0.2) is 0 Å². The Kier molecular flexibility index (Phi) is 8.37. The van der Waals surface area contributed by atoms with Crippen LogP contribution in [-0.4, -0.2) is 38.9 Å². The van der Waals surface area contributed by atoms with Crippen molar-refractivity contribution in [2.45, 2.75) is 27.7 Å². The number of hydrogen-bond acceptors (Lipinski definition) is 6. The van der Waals surface area contributed by atoms with Crippen LogP contribution in [0.1, 0.15) is 45.7 Å². The maximum Gasteiger partial charge on any atom is 0.336 e. The van der Waals surface area contributed by atoms with Gasteiger partial charge >= 0.3 is 11.9 Å². The van der Waals surface area contributed by atoms with Crippen molar-refractivity contribution in [3.8, 4) is 0 Å². The number of nitro benzene ring substituents is 1. The van der Waals surface area contributed by atoms with Gasteiger partial charge in [-0.15, -0.1) is 0 Å². The highest BCUT2D eigenvalue weighted by Gasteiger charge is 2.23. The summed E-state index contributed by atoms with van der Waals surface area (Å²) in [6.45, 7) is 5.63. The normalized spacial score (nSPS) is 9.68. The number of nitrogens with one attached hydrogen (secondary N) is 2. The Balaban J connectivity index is 0.000000316. The van der Waals surface area contributed by atoms with E-state index < -0.39 is 28.5 Å². The molecule has 0 aromatic heterocycles. The minimum Gasteiger partial charge on any atom is -0.478 e. The maximum absolute atomic E-state index is 10.9. The number of hydrogen-bond donors (Lipinski definition) is 4. The van der Waals surface area contributed by atoms with Gasteiger partial charge in [0.1, 0.15) is 5.69 Å². The standard InChI is InChI=1S/C10H10N2O5.C10H11NO3/c1-5-7(10(14)15)3-4-8(11-6(2)13)9(5)12(16)17;1-6-5-8(11-7(2)12)3-4-9(6)10(13)14/h3-4H,1-2H3,(H,11,13)(H,14,15);3-5H,1-2H3,(H,11,12)(H,13,14). The van der Waals surface area contributed by atoms with E-state index in [1.54, 1.807) is 19.1 Å². The zero-order valence-electron chi connectivity index (χ0n) is 17.2. The molecule has 4 N–H and O–H groups in total. The molecule has 0 unspecified atom stereocenters. The molecule has 2 aromatic rings. The summed E-state index contributed by atoms with van der Waals surface area (Å²) in [7, 11) is 0. The monoisotopic (exact) mass is 431 g/mol. The average molecular weight is 431 g/mol. The lowest BCUT2D eigenvalue weighted by atomic mass is 10.1. The summed E-state index contributed by atoms with van der Waals surface area (Å²) in [5.74, 6) is -2.85. The molecular weight excluding hydrogens is 410 g/mol. The molecule has 0 atom stereocenters. The van der Waals surface area contributed by atoms with E-state index in [9.17, 15) is 29.3 Å². The van der Waals surface area contributed by atoms with Gasteiger partial charge in [0.25, 0.3) is 5.69 Å². The van der Waals surface area contributed by atoms with E-state index in [0.29, 0.717) is 11.3 Å². The fraction of sp³-hybridized carbons (Fsp3) is 0.200. The molecule has 0 aliphatic rings. The summed E-state index contributed by atoms with van der Waals surface area (Å²) in [4.78, 5) is 53.2. The number of carbonyl (C=O) groups excluding carboxylic acids is 2. The van der Waals surface area contributed by atoms with Crippen LogP contribution in [0.3, 0.4) is 0 Å². The lowest BCUT2D eigenvalue weighted by Crippen LogP contribution is -2.11. The first-order chi connectivity index (χ1) is 14.3. The van der Waals surface area contributed by atoms with Crippen molar-refractivity contribution in [3.05, 3.63) is 62.7 Å². The van der Waals surface area contributed by atoms with Crippen LogP contribution in [0.2, 0.25) is 0 Å². The highest BCUT2D eigenvalue weighted by Crippen LogP contribution is 2.30. The molecule has 11 nitrogen and oxygen atoms in total. The molecule has 0 saturated heterocycles. The number of carboxylic acids is 2. The van der Waals surface area contributed by atoms with Crippen LogP contribution in [0.4, 0.5) is 17.1 Å². The summed E-state index contributed by atoms with van der Waals surface area (Å²) in [6, 6.07) is 7.09. The Hall–Kier alpha value is -4.28. The predicted molar refractivity (Wildman–Crippen MR) is 112 cm³/mol. The van der Waals surface area contributed by atoms with Crippen molar-refractivity contribution in [1.82, 2.24) is 0 Å². The molecule has 0 spiro atoms. The number of anilines is 2. The molecule has 0 heterocycles. The zero-order valence-corrected chi connectivity index (χ0v) is 17.2. The van der Waals surface area contributed by atoms with Crippen molar-refractivity contribution in [3.63, 3.8) is 0 Å². The number of aromatic carboxylic acids is 2. The van der Waals surface area contributed by atoms with Crippen LogP contribution in [0.15, 0.2) is 30.3 Å². The van der Waals surface area contributed by atoms with Gasteiger partial charge in [-0.2, -0.15) is 0 Å². The van der Waals surface area contributed by atoms with Crippen LogP contribution in [-0.2, 0) is 9.59 Å². The predicted octanol–water partition coefficient (Wildman–Crippen LogP) is 3.21. The minimum absolute atomic E-state index is 0.00810. The van der Waals surface area contributed by atoms with Crippen LogP contribution < -0.4 is 10.6 Å². The highest BCUT2D eigenvalue weighted by molar-refractivity contribution is 5.96. The van der Waals surface area contributed by atoms with Crippen LogP contribution in [0.25, 0.3) is 0 Å². The third kappa shape index (κ3) is 6.92. The summed E-state index contributed by atoms with van der Waals surface area (Å²) < 4.78 is 0. The van der Waals surface area contributed by atoms with E-state index in [1.807, 2.05) is 0 Å². The third-order valence-electron chi connectivity index (χ3n) is 3.93. The molecule has 0 radical (unpaired) electrons. The number of aryl methyl sites for hydroxylation is 1. The van der Waals surface area contributed by atoms with Gasteiger partial charge in [0.2, 0.25) is 11.8 Å². The Labute approximate surface area is 176 Å². The smallest absolute Gasteiger partial charge is 0.336 e. The maximum atomic E-state index is 10.9. The number of amides is 2. The molecule has 0 bridgehead atoms. The Morgan fingerprint density at radius 1 is 0.871 bits per heavy atom. The first-order valence-electron chi connectivity index (χ1n) is 8.75. The van der Waals surface area contributed by atoms with Gasteiger partial charge in [0.05, 0.1) is 16.1 Å². The van der Waals surface area contributed by atoms with Crippen molar-refractivity contribution in [1.29, 1.82) is 0 Å². The summed E-state index contributed by atoms with van der Waals surface area (Å²) in [5, 5.41) is 33.3. The minimum atomic E-state index is -1.25. The lowest BCUT2D eigenvalue weighted by Gasteiger charge is -2.07. The van der Waals surface area contributed by atoms with Gasteiger partial charge in [0, 0.05) is 25.1 Å². The Morgan fingerprint density at radius 3 is 1.81 bits per heavy atom. The molecule has 31 heavy (non-hydrogen) atoms. The molecular formula is C20H21N3O8. The number of nitro groups is 1. The zero-order chi connectivity index (χ0) is 23.9. The number of rotatable bonds is 5. The van der Waals surface area contributed by atoms with Gasteiger partial charge < -0.3 is 20.8 Å². The molecule has 0 aliphatic carbocycles. The fourth-order valence-electron chi connectivity index (χ4n) is 2.64. The number of carboxylic acid groups (broad SMARTS) is 2. The molecule has 0 saturated carbocycles. The van der Waals surface area contributed by atoms with Crippen molar-refractivity contribution in [2.24, 2.45) is 0 Å². The number of benzene rings is 2. The van der Waals surface area contributed by atoms with Crippen molar-refractivity contribution in [2.75, 3.05) is 10.6 Å². The molecule has 0 aliphatic heterocycles. The highest BCUT2D eigenvalue weighted by atomic mass is 16.6. The van der Waals surface area contributed by atoms with E-state index in [-0.39, 0.29) is 28.3 Å².